The minimum atomic E-state index is -0.734. The molecule has 1 fully saturated rings. The molecule has 0 saturated carbocycles. The lowest BCUT2D eigenvalue weighted by Crippen LogP contribution is -2.57. The highest BCUT2D eigenvalue weighted by Gasteiger charge is 2.28. The molecule has 0 unspecified atom stereocenters. The second-order valence-corrected chi connectivity index (χ2v) is 3.07. The first-order valence-electron chi connectivity index (χ1n) is 4.51. The Hall–Kier alpha value is -1.59. The zero-order valence-electron chi connectivity index (χ0n) is 7.92. The Morgan fingerprint density at radius 3 is 2.86 bits per heavy atom. The summed E-state index contributed by atoms with van der Waals surface area (Å²) in [6.45, 7) is 2.47. The summed E-state index contributed by atoms with van der Waals surface area (Å²) < 4.78 is 0. The van der Waals surface area contributed by atoms with Gasteiger partial charge in [0.25, 0.3) is 0 Å². The monoisotopic (exact) mass is 199 g/mol. The molecule has 3 N–H and O–H groups in total. The van der Waals surface area contributed by atoms with Crippen molar-refractivity contribution in [1.29, 1.82) is 0 Å². The summed E-state index contributed by atoms with van der Waals surface area (Å²) in [5.41, 5.74) is 0. The second-order valence-electron chi connectivity index (χ2n) is 3.07. The van der Waals surface area contributed by atoms with Crippen LogP contribution in [0.15, 0.2) is 0 Å². The predicted octanol–water partition coefficient (Wildman–Crippen LogP) is -0.889. The number of hydrogen-bond acceptors (Lipinski definition) is 3. The van der Waals surface area contributed by atoms with Gasteiger partial charge >= 0.3 is 6.03 Å². The third-order valence-corrected chi connectivity index (χ3v) is 1.81. The Labute approximate surface area is 81.4 Å². The lowest BCUT2D eigenvalue weighted by Gasteiger charge is -2.21. The molecule has 0 aromatic carbocycles. The first-order valence-corrected chi connectivity index (χ1v) is 4.51. The fourth-order valence-electron chi connectivity index (χ4n) is 1.14. The van der Waals surface area contributed by atoms with E-state index < -0.39 is 18.0 Å². The number of amides is 4. The van der Waals surface area contributed by atoms with Crippen LogP contribution in [0.1, 0.15) is 19.8 Å². The molecule has 1 rings (SSSR count). The number of imide groups is 1. The fraction of sp³-hybridized carbons (Fsp3) is 0.625. The van der Waals surface area contributed by atoms with E-state index in [0.717, 1.165) is 6.42 Å². The molecule has 1 heterocycles. The molecule has 0 bridgehead atoms. The summed E-state index contributed by atoms with van der Waals surface area (Å²) in [6.07, 6.45) is 0.819. The molecule has 1 aliphatic heterocycles. The molecule has 14 heavy (non-hydrogen) atoms. The van der Waals surface area contributed by atoms with Crippen molar-refractivity contribution in [2.24, 2.45) is 0 Å². The summed E-state index contributed by atoms with van der Waals surface area (Å²) in [5, 5.41) is 7.03. The maximum atomic E-state index is 11.3. The molecular weight excluding hydrogens is 186 g/mol. The van der Waals surface area contributed by atoms with Crippen molar-refractivity contribution < 1.29 is 14.4 Å². The van der Waals surface area contributed by atoms with Gasteiger partial charge in [0, 0.05) is 6.54 Å². The molecule has 0 aromatic heterocycles. The largest absolute Gasteiger partial charge is 0.354 e. The Kier molecular flexibility index (Phi) is 3.44. The minimum absolute atomic E-state index is 0.00128. The highest BCUT2D eigenvalue weighted by atomic mass is 16.2. The van der Waals surface area contributed by atoms with Crippen LogP contribution in [0.2, 0.25) is 0 Å². The maximum absolute atomic E-state index is 11.3. The van der Waals surface area contributed by atoms with Gasteiger partial charge in [-0.2, -0.15) is 0 Å². The van der Waals surface area contributed by atoms with E-state index in [-0.39, 0.29) is 12.3 Å². The molecule has 0 spiro atoms. The Balaban J connectivity index is 2.46. The average molecular weight is 199 g/mol. The Morgan fingerprint density at radius 2 is 2.29 bits per heavy atom. The van der Waals surface area contributed by atoms with Gasteiger partial charge < -0.3 is 10.6 Å². The topological polar surface area (TPSA) is 87.3 Å². The van der Waals surface area contributed by atoms with Gasteiger partial charge in [0.1, 0.15) is 6.04 Å². The van der Waals surface area contributed by atoms with Crippen LogP contribution in [-0.2, 0) is 9.59 Å². The van der Waals surface area contributed by atoms with Crippen LogP contribution in [-0.4, -0.2) is 30.4 Å². The fourth-order valence-corrected chi connectivity index (χ4v) is 1.14. The van der Waals surface area contributed by atoms with Crippen LogP contribution >= 0.6 is 0 Å². The minimum Gasteiger partial charge on any atom is -0.354 e. The van der Waals surface area contributed by atoms with Gasteiger partial charge in [0.05, 0.1) is 6.42 Å². The molecule has 78 valence electrons. The van der Waals surface area contributed by atoms with Crippen LogP contribution in [0.5, 0.6) is 0 Å². The van der Waals surface area contributed by atoms with E-state index in [1.807, 2.05) is 6.92 Å². The van der Waals surface area contributed by atoms with E-state index in [2.05, 4.69) is 16.0 Å². The quantitative estimate of drug-likeness (QED) is 0.551. The third kappa shape index (κ3) is 2.72. The van der Waals surface area contributed by atoms with Crippen molar-refractivity contribution in [2.45, 2.75) is 25.8 Å². The van der Waals surface area contributed by atoms with E-state index in [0.29, 0.717) is 6.54 Å². The van der Waals surface area contributed by atoms with Gasteiger partial charge in [0.15, 0.2) is 0 Å². The van der Waals surface area contributed by atoms with Gasteiger partial charge in [0.2, 0.25) is 11.8 Å². The number of nitrogens with one attached hydrogen (secondary N) is 3. The zero-order valence-corrected chi connectivity index (χ0v) is 7.92. The van der Waals surface area contributed by atoms with E-state index >= 15 is 0 Å². The molecule has 1 atom stereocenters. The van der Waals surface area contributed by atoms with Crippen molar-refractivity contribution in [3.05, 3.63) is 0 Å². The van der Waals surface area contributed by atoms with Crippen LogP contribution in [0, 0.1) is 0 Å². The van der Waals surface area contributed by atoms with E-state index in [4.69, 9.17) is 0 Å². The zero-order chi connectivity index (χ0) is 10.6. The van der Waals surface area contributed by atoms with Gasteiger partial charge in [-0.25, -0.2) is 4.79 Å². The lowest BCUT2D eigenvalue weighted by molar-refractivity contribution is -0.128. The number of carbonyl (C=O) groups excluding carboxylic acids is 3. The van der Waals surface area contributed by atoms with Gasteiger partial charge in [-0.3, -0.25) is 14.9 Å². The average Bonchev–Trinajstić information content (AvgIpc) is 2.12. The van der Waals surface area contributed by atoms with Crippen LogP contribution in [0.25, 0.3) is 0 Å². The standard InChI is InChI=1S/C8H13N3O3/c1-2-3-9-7(13)5-4-6(12)11-8(14)10-5/h5H,2-4H2,1H3,(H,9,13)(H2,10,11,12,14)/t5-/m0/s1. The van der Waals surface area contributed by atoms with Gasteiger partial charge in [-0.05, 0) is 6.42 Å². The molecule has 0 aliphatic carbocycles. The highest BCUT2D eigenvalue weighted by Crippen LogP contribution is 1.97. The third-order valence-electron chi connectivity index (χ3n) is 1.81. The number of carbonyl (C=O) groups is 3. The van der Waals surface area contributed by atoms with Crippen molar-refractivity contribution in [2.75, 3.05) is 6.54 Å². The summed E-state index contributed by atoms with van der Waals surface area (Å²) in [5.74, 6) is -0.736. The second kappa shape index (κ2) is 4.59. The van der Waals surface area contributed by atoms with E-state index in [1.165, 1.54) is 0 Å². The summed E-state index contributed by atoms with van der Waals surface area (Å²) in [6, 6.07) is -1.35. The summed E-state index contributed by atoms with van der Waals surface area (Å²) >= 11 is 0. The number of rotatable bonds is 3. The van der Waals surface area contributed by atoms with Crippen molar-refractivity contribution >= 4 is 17.8 Å². The lowest BCUT2D eigenvalue weighted by atomic mass is 10.1. The Bertz CT molecular complexity index is 249. The van der Waals surface area contributed by atoms with E-state index in [9.17, 15) is 14.4 Å². The van der Waals surface area contributed by atoms with Gasteiger partial charge in [-0.1, -0.05) is 6.92 Å². The molecule has 0 radical (unpaired) electrons. The van der Waals surface area contributed by atoms with Crippen LogP contribution < -0.4 is 16.0 Å². The Morgan fingerprint density at radius 1 is 1.57 bits per heavy atom. The molecule has 1 saturated heterocycles. The van der Waals surface area contributed by atoms with Crippen LogP contribution in [0.4, 0.5) is 4.79 Å². The first kappa shape index (κ1) is 10.5. The predicted molar refractivity (Wildman–Crippen MR) is 48.4 cm³/mol. The smallest absolute Gasteiger partial charge is 0.322 e. The highest BCUT2D eigenvalue weighted by molar-refractivity contribution is 6.02. The molecule has 6 heteroatoms. The molecule has 6 nitrogen and oxygen atoms in total. The molecule has 4 amide bonds. The molecular formula is C8H13N3O3. The van der Waals surface area contributed by atoms with Crippen molar-refractivity contribution in [3.8, 4) is 0 Å². The summed E-state index contributed by atoms with van der Waals surface area (Å²) in [4.78, 5) is 33.1. The van der Waals surface area contributed by atoms with Crippen LogP contribution in [0.3, 0.4) is 0 Å². The SMILES string of the molecule is CCCNC(=O)[C@@H]1CC(=O)NC(=O)N1. The molecule has 1 aliphatic rings. The number of hydrogen-bond donors (Lipinski definition) is 3. The van der Waals surface area contributed by atoms with Gasteiger partial charge in [-0.15, -0.1) is 0 Å². The number of urea groups is 1. The normalized spacial score (nSPS) is 21.1. The first-order chi connectivity index (χ1) is 6.63. The maximum Gasteiger partial charge on any atom is 0.322 e. The van der Waals surface area contributed by atoms with E-state index in [1.54, 1.807) is 0 Å². The van der Waals surface area contributed by atoms with Crippen molar-refractivity contribution in [3.63, 3.8) is 0 Å². The van der Waals surface area contributed by atoms with Crippen molar-refractivity contribution in [1.82, 2.24) is 16.0 Å². The summed E-state index contributed by atoms with van der Waals surface area (Å²) in [7, 11) is 0. The molecule has 0 aromatic rings.